The summed E-state index contributed by atoms with van der Waals surface area (Å²) in [6, 6.07) is 13.9. The monoisotopic (exact) mass is 349 g/mol. The average molecular weight is 349 g/mol. The van der Waals surface area contributed by atoms with Gasteiger partial charge in [0.05, 0.1) is 11.0 Å². The highest BCUT2D eigenvalue weighted by Gasteiger charge is 2.17. The molecule has 6 nitrogen and oxygen atoms in total. The predicted octanol–water partition coefficient (Wildman–Crippen LogP) is 2.53. The molecule has 0 spiro atoms. The molecular weight excluding hydrogens is 326 g/mol. The van der Waals surface area contributed by atoms with Crippen molar-refractivity contribution >= 4 is 16.9 Å². The van der Waals surface area contributed by atoms with Gasteiger partial charge in [0.15, 0.2) is 0 Å². The number of para-hydroxylation sites is 2. The second kappa shape index (κ2) is 7.66. The molecule has 0 aliphatic carbocycles. The summed E-state index contributed by atoms with van der Waals surface area (Å²) in [4.78, 5) is 18.3. The van der Waals surface area contributed by atoms with Crippen molar-refractivity contribution in [3.05, 3.63) is 54.4 Å². The molecule has 0 radical (unpaired) electrons. The van der Waals surface area contributed by atoms with Gasteiger partial charge in [-0.3, -0.25) is 4.90 Å². The predicted molar refractivity (Wildman–Crippen MR) is 103 cm³/mol. The van der Waals surface area contributed by atoms with Crippen molar-refractivity contribution in [2.24, 2.45) is 0 Å². The fourth-order valence-corrected chi connectivity index (χ4v) is 3.22. The van der Waals surface area contributed by atoms with E-state index in [-0.39, 0.29) is 0 Å². The number of hydrogen-bond acceptors (Lipinski definition) is 6. The van der Waals surface area contributed by atoms with Gasteiger partial charge in [-0.15, -0.1) is 0 Å². The summed E-state index contributed by atoms with van der Waals surface area (Å²) in [5, 5.41) is 0. The Hall–Kier alpha value is -2.73. The van der Waals surface area contributed by atoms with Gasteiger partial charge in [-0.05, 0) is 31.2 Å². The minimum absolute atomic E-state index is 0.622. The molecule has 1 saturated heterocycles. The highest BCUT2D eigenvalue weighted by molar-refractivity contribution is 5.74. The van der Waals surface area contributed by atoms with Crippen LogP contribution in [-0.2, 0) is 0 Å². The minimum atomic E-state index is 0.622. The molecule has 3 aromatic rings. The molecule has 26 heavy (non-hydrogen) atoms. The molecule has 0 unspecified atom stereocenters. The highest BCUT2D eigenvalue weighted by Crippen LogP contribution is 2.18. The molecule has 0 amide bonds. The summed E-state index contributed by atoms with van der Waals surface area (Å²) in [5.74, 6) is 1.70. The van der Waals surface area contributed by atoms with Crippen LogP contribution in [0.1, 0.15) is 5.69 Å². The van der Waals surface area contributed by atoms with Gasteiger partial charge < -0.3 is 9.64 Å². The Kier molecular flexibility index (Phi) is 4.93. The lowest BCUT2D eigenvalue weighted by Crippen LogP contribution is -2.47. The van der Waals surface area contributed by atoms with Crippen molar-refractivity contribution in [3.8, 4) is 5.88 Å². The standard InChI is InChI=1S/C20H23N5O/c1-16-20(23-18-7-3-2-6-17(18)22-16)26-15-14-24-10-12-25(13-11-24)19-8-4-5-9-21-19/h2-9H,10-15H2,1H3. The number of rotatable bonds is 5. The minimum Gasteiger partial charge on any atom is -0.475 e. The first-order valence-electron chi connectivity index (χ1n) is 9.04. The molecule has 1 aliphatic rings. The Morgan fingerprint density at radius 3 is 2.38 bits per heavy atom. The third-order valence-corrected chi connectivity index (χ3v) is 4.69. The van der Waals surface area contributed by atoms with Crippen LogP contribution in [0, 0.1) is 6.92 Å². The lowest BCUT2D eigenvalue weighted by molar-refractivity contribution is 0.196. The van der Waals surface area contributed by atoms with E-state index in [1.165, 1.54) is 0 Å². The maximum absolute atomic E-state index is 5.92. The Labute approximate surface area is 153 Å². The van der Waals surface area contributed by atoms with E-state index in [0.717, 1.165) is 55.3 Å². The Morgan fingerprint density at radius 2 is 1.65 bits per heavy atom. The van der Waals surface area contributed by atoms with E-state index >= 15 is 0 Å². The van der Waals surface area contributed by atoms with Gasteiger partial charge in [-0.25, -0.2) is 15.0 Å². The van der Waals surface area contributed by atoms with Gasteiger partial charge in [0.1, 0.15) is 18.1 Å². The van der Waals surface area contributed by atoms with Crippen molar-refractivity contribution in [2.45, 2.75) is 6.92 Å². The summed E-state index contributed by atoms with van der Waals surface area (Å²) in [7, 11) is 0. The molecule has 3 heterocycles. The first-order valence-corrected chi connectivity index (χ1v) is 9.04. The van der Waals surface area contributed by atoms with E-state index in [1.807, 2.05) is 49.5 Å². The summed E-state index contributed by atoms with van der Waals surface area (Å²) in [6.07, 6.45) is 1.85. The summed E-state index contributed by atoms with van der Waals surface area (Å²) >= 11 is 0. The fourth-order valence-electron chi connectivity index (χ4n) is 3.22. The number of benzene rings is 1. The number of hydrogen-bond donors (Lipinski definition) is 0. The Balaban J connectivity index is 1.29. The van der Waals surface area contributed by atoms with Crippen molar-refractivity contribution in [3.63, 3.8) is 0 Å². The van der Waals surface area contributed by atoms with Gasteiger partial charge in [0.2, 0.25) is 5.88 Å². The van der Waals surface area contributed by atoms with Crippen LogP contribution in [0.5, 0.6) is 5.88 Å². The molecule has 1 aromatic carbocycles. The number of aromatic nitrogens is 3. The van der Waals surface area contributed by atoms with Gasteiger partial charge >= 0.3 is 0 Å². The van der Waals surface area contributed by atoms with Crippen LogP contribution in [-0.4, -0.2) is 59.2 Å². The highest BCUT2D eigenvalue weighted by atomic mass is 16.5. The van der Waals surface area contributed by atoms with E-state index < -0.39 is 0 Å². The Bertz CT molecular complexity index is 862. The van der Waals surface area contributed by atoms with Crippen LogP contribution in [0.4, 0.5) is 5.82 Å². The van der Waals surface area contributed by atoms with E-state index in [2.05, 4.69) is 30.8 Å². The average Bonchev–Trinajstić information content (AvgIpc) is 2.69. The summed E-state index contributed by atoms with van der Waals surface area (Å²) in [6.45, 7) is 7.48. The van der Waals surface area contributed by atoms with Crippen LogP contribution in [0.15, 0.2) is 48.7 Å². The van der Waals surface area contributed by atoms with Gasteiger partial charge in [0.25, 0.3) is 0 Å². The third kappa shape index (κ3) is 3.75. The van der Waals surface area contributed by atoms with E-state index in [9.17, 15) is 0 Å². The largest absolute Gasteiger partial charge is 0.475 e. The number of aryl methyl sites for hydroxylation is 1. The summed E-state index contributed by atoms with van der Waals surface area (Å²) in [5.41, 5.74) is 2.61. The van der Waals surface area contributed by atoms with Crippen molar-refractivity contribution < 1.29 is 4.74 Å². The fraction of sp³-hybridized carbons (Fsp3) is 0.350. The zero-order valence-electron chi connectivity index (χ0n) is 15.0. The van der Waals surface area contributed by atoms with Crippen LogP contribution in [0.25, 0.3) is 11.0 Å². The van der Waals surface area contributed by atoms with Gasteiger partial charge in [-0.2, -0.15) is 0 Å². The van der Waals surface area contributed by atoms with Crippen LogP contribution >= 0.6 is 0 Å². The van der Waals surface area contributed by atoms with Crippen molar-refractivity contribution in [1.29, 1.82) is 0 Å². The first-order chi connectivity index (χ1) is 12.8. The molecule has 0 atom stereocenters. The second-order valence-corrected chi connectivity index (χ2v) is 6.47. The molecule has 2 aromatic heterocycles. The number of ether oxygens (including phenoxy) is 1. The quantitative estimate of drug-likeness (QED) is 0.706. The first kappa shape index (κ1) is 16.7. The van der Waals surface area contributed by atoms with Gasteiger partial charge in [0, 0.05) is 38.9 Å². The van der Waals surface area contributed by atoms with Crippen molar-refractivity contribution in [2.75, 3.05) is 44.2 Å². The van der Waals surface area contributed by atoms with Crippen LogP contribution in [0.2, 0.25) is 0 Å². The number of anilines is 1. The normalized spacial score (nSPS) is 15.3. The lowest BCUT2D eigenvalue weighted by atomic mass is 10.3. The molecule has 134 valence electrons. The van der Waals surface area contributed by atoms with E-state index in [4.69, 9.17) is 4.74 Å². The molecule has 4 rings (SSSR count). The zero-order valence-corrected chi connectivity index (χ0v) is 15.0. The Morgan fingerprint density at radius 1 is 0.923 bits per heavy atom. The number of fused-ring (bicyclic) bond motifs is 1. The molecule has 6 heteroatoms. The number of nitrogens with zero attached hydrogens (tertiary/aromatic N) is 5. The molecule has 1 aliphatic heterocycles. The van der Waals surface area contributed by atoms with Crippen LogP contribution in [0.3, 0.4) is 0 Å². The molecular formula is C20H23N5O. The zero-order chi connectivity index (χ0) is 17.8. The molecule has 0 saturated carbocycles. The van der Waals surface area contributed by atoms with E-state index in [1.54, 1.807) is 0 Å². The van der Waals surface area contributed by atoms with E-state index in [0.29, 0.717) is 12.5 Å². The van der Waals surface area contributed by atoms with Crippen molar-refractivity contribution in [1.82, 2.24) is 19.9 Å². The second-order valence-electron chi connectivity index (χ2n) is 6.47. The lowest BCUT2D eigenvalue weighted by Gasteiger charge is -2.35. The van der Waals surface area contributed by atoms with Gasteiger partial charge in [-0.1, -0.05) is 18.2 Å². The smallest absolute Gasteiger partial charge is 0.235 e. The topological polar surface area (TPSA) is 54.4 Å². The number of pyridine rings is 1. The third-order valence-electron chi connectivity index (χ3n) is 4.69. The SMILES string of the molecule is Cc1nc2ccccc2nc1OCCN1CCN(c2ccccn2)CC1. The van der Waals surface area contributed by atoms with Crippen LogP contribution < -0.4 is 9.64 Å². The maximum Gasteiger partial charge on any atom is 0.235 e. The molecule has 1 fully saturated rings. The molecule has 0 N–H and O–H groups in total. The summed E-state index contributed by atoms with van der Waals surface area (Å²) < 4.78 is 5.92. The molecule has 0 bridgehead atoms. The maximum atomic E-state index is 5.92. The number of piperazine rings is 1.